The van der Waals surface area contributed by atoms with Crippen LogP contribution in [0.5, 0.6) is 5.75 Å². The van der Waals surface area contributed by atoms with Crippen LogP contribution in [0, 0.1) is 5.92 Å². The van der Waals surface area contributed by atoms with Gasteiger partial charge in [0.25, 0.3) is 0 Å². The van der Waals surface area contributed by atoms with Gasteiger partial charge in [-0.1, -0.05) is 18.2 Å². The number of rotatable bonds is 6. The molecule has 1 unspecified atom stereocenters. The van der Waals surface area contributed by atoms with Gasteiger partial charge in [0.05, 0.1) is 19.8 Å². The molecule has 0 saturated carbocycles. The molecule has 3 rings (SSSR count). The van der Waals surface area contributed by atoms with Crippen LogP contribution in [-0.2, 0) is 14.3 Å². The number of hydrogen-bond acceptors (Lipinski definition) is 5. The minimum absolute atomic E-state index is 0.0315. The van der Waals surface area contributed by atoms with Crippen LogP contribution in [0.1, 0.15) is 31.4 Å². The number of piperidine rings is 1. The van der Waals surface area contributed by atoms with Gasteiger partial charge in [0.15, 0.2) is 0 Å². The first-order valence-corrected chi connectivity index (χ1v) is 9.67. The average molecular weight is 376 g/mol. The van der Waals surface area contributed by atoms with Gasteiger partial charge >= 0.3 is 5.97 Å². The summed E-state index contributed by atoms with van der Waals surface area (Å²) in [7, 11) is 0. The lowest BCUT2D eigenvalue weighted by Gasteiger charge is -2.38. The van der Waals surface area contributed by atoms with Crippen molar-refractivity contribution in [1.82, 2.24) is 9.80 Å². The van der Waals surface area contributed by atoms with Gasteiger partial charge in [-0.15, -0.1) is 0 Å². The number of aliphatic carboxylic acids is 1. The van der Waals surface area contributed by atoms with Gasteiger partial charge < -0.3 is 19.5 Å². The minimum Gasteiger partial charge on any atom is -0.494 e. The number of carbonyl (C=O) groups excluding carboxylic acids is 1. The summed E-state index contributed by atoms with van der Waals surface area (Å²) in [4.78, 5) is 28.5. The lowest BCUT2D eigenvalue weighted by molar-refractivity contribution is -0.145. The average Bonchev–Trinajstić information content (AvgIpc) is 2.70. The molecular formula is C20H28N2O5. The molecule has 0 bridgehead atoms. The lowest BCUT2D eigenvalue weighted by atomic mass is 9.92. The highest BCUT2D eigenvalue weighted by Gasteiger charge is 2.35. The van der Waals surface area contributed by atoms with E-state index in [0.29, 0.717) is 70.2 Å². The Balaban J connectivity index is 1.67. The summed E-state index contributed by atoms with van der Waals surface area (Å²) in [6, 6.07) is 6.55. The number of amides is 1. The Kier molecular flexibility index (Phi) is 6.68. The predicted molar refractivity (Wildman–Crippen MR) is 99.7 cm³/mol. The molecule has 1 N–H and O–H groups in total. The van der Waals surface area contributed by atoms with Crippen LogP contribution in [0.2, 0.25) is 0 Å². The van der Waals surface area contributed by atoms with E-state index in [4.69, 9.17) is 9.47 Å². The van der Waals surface area contributed by atoms with Crippen molar-refractivity contribution in [1.29, 1.82) is 0 Å². The third-order valence-corrected chi connectivity index (χ3v) is 5.31. The summed E-state index contributed by atoms with van der Waals surface area (Å²) in [5.74, 6) is -0.130. The van der Waals surface area contributed by atoms with Crippen LogP contribution in [0.3, 0.4) is 0 Å². The molecule has 27 heavy (non-hydrogen) atoms. The van der Waals surface area contributed by atoms with Gasteiger partial charge in [-0.2, -0.15) is 0 Å². The molecule has 0 radical (unpaired) electrons. The second kappa shape index (κ2) is 9.19. The Bertz CT molecular complexity index is 652. The van der Waals surface area contributed by atoms with Crippen LogP contribution >= 0.6 is 0 Å². The molecule has 0 spiro atoms. The first-order valence-electron chi connectivity index (χ1n) is 9.67. The zero-order chi connectivity index (χ0) is 19.2. The van der Waals surface area contributed by atoms with E-state index in [9.17, 15) is 14.7 Å². The third-order valence-electron chi connectivity index (χ3n) is 5.31. The van der Waals surface area contributed by atoms with Crippen molar-refractivity contribution < 1.29 is 24.2 Å². The molecule has 0 aromatic heterocycles. The van der Waals surface area contributed by atoms with E-state index in [-0.39, 0.29) is 11.8 Å². The summed E-state index contributed by atoms with van der Waals surface area (Å²) in [6.45, 7) is 6.03. The number of para-hydroxylation sites is 1. The molecule has 2 heterocycles. The molecule has 7 heteroatoms. The summed E-state index contributed by atoms with van der Waals surface area (Å²) in [5, 5.41) is 9.86. The number of morpholine rings is 1. The van der Waals surface area contributed by atoms with E-state index in [1.54, 1.807) is 0 Å². The smallest absolute Gasteiger partial charge is 0.325 e. The number of benzene rings is 1. The van der Waals surface area contributed by atoms with Gasteiger partial charge in [0.1, 0.15) is 11.8 Å². The van der Waals surface area contributed by atoms with Crippen molar-refractivity contribution in [2.75, 3.05) is 46.0 Å². The molecule has 2 aliphatic heterocycles. The highest BCUT2D eigenvalue weighted by Crippen LogP contribution is 2.33. The number of carboxylic acids is 1. The van der Waals surface area contributed by atoms with Crippen LogP contribution in [-0.4, -0.2) is 72.8 Å². The van der Waals surface area contributed by atoms with E-state index < -0.39 is 12.0 Å². The fraction of sp³-hybridized carbons (Fsp3) is 0.600. The zero-order valence-electron chi connectivity index (χ0n) is 15.8. The second-order valence-electron chi connectivity index (χ2n) is 6.96. The van der Waals surface area contributed by atoms with E-state index in [1.165, 1.54) is 0 Å². The van der Waals surface area contributed by atoms with Gasteiger partial charge in [0.2, 0.25) is 5.91 Å². The van der Waals surface area contributed by atoms with E-state index in [2.05, 4.69) is 0 Å². The Morgan fingerprint density at radius 1 is 1.19 bits per heavy atom. The summed E-state index contributed by atoms with van der Waals surface area (Å²) in [5.41, 5.74) is 0.671. The largest absolute Gasteiger partial charge is 0.494 e. The van der Waals surface area contributed by atoms with Gasteiger partial charge in [0, 0.05) is 37.7 Å². The Hall–Kier alpha value is -2.12. The second-order valence-corrected chi connectivity index (χ2v) is 6.96. The van der Waals surface area contributed by atoms with Crippen molar-refractivity contribution in [2.24, 2.45) is 5.92 Å². The SMILES string of the molecule is CCOc1ccccc1C(C(=O)O)N1CCC(C(=O)N2CCOCC2)CC1. The number of carbonyl (C=O) groups is 2. The third kappa shape index (κ3) is 4.59. The molecular weight excluding hydrogens is 348 g/mol. The molecule has 1 atom stereocenters. The number of likely N-dealkylation sites (tertiary alicyclic amines) is 1. The van der Waals surface area contributed by atoms with Crippen LogP contribution in [0.15, 0.2) is 24.3 Å². The first kappa shape index (κ1) is 19.6. The molecule has 148 valence electrons. The maximum atomic E-state index is 12.7. The number of hydrogen-bond donors (Lipinski definition) is 1. The predicted octanol–water partition coefficient (Wildman–Crippen LogP) is 1.78. The standard InChI is InChI=1S/C20H28N2O5/c1-2-27-17-6-4-3-5-16(17)18(20(24)25)21-9-7-15(8-10-21)19(23)22-11-13-26-14-12-22/h3-6,15,18H,2,7-14H2,1H3,(H,24,25). The van der Waals surface area contributed by atoms with E-state index >= 15 is 0 Å². The van der Waals surface area contributed by atoms with Crippen LogP contribution < -0.4 is 4.74 Å². The molecule has 1 amide bonds. The quantitative estimate of drug-likeness (QED) is 0.815. The fourth-order valence-electron chi connectivity index (χ4n) is 3.93. The Morgan fingerprint density at radius 3 is 2.48 bits per heavy atom. The Labute approximate surface area is 159 Å². The van der Waals surface area contributed by atoms with Crippen molar-refractivity contribution >= 4 is 11.9 Å². The molecule has 7 nitrogen and oxygen atoms in total. The van der Waals surface area contributed by atoms with Crippen LogP contribution in [0.4, 0.5) is 0 Å². The van der Waals surface area contributed by atoms with Gasteiger partial charge in [-0.05, 0) is 25.8 Å². The van der Waals surface area contributed by atoms with Crippen molar-refractivity contribution in [3.63, 3.8) is 0 Å². The molecule has 1 aromatic rings. The highest BCUT2D eigenvalue weighted by atomic mass is 16.5. The van der Waals surface area contributed by atoms with Crippen LogP contribution in [0.25, 0.3) is 0 Å². The molecule has 0 aliphatic carbocycles. The number of nitrogens with zero attached hydrogens (tertiary/aromatic N) is 2. The van der Waals surface area contributed by atoms with Crippen molar-refractivity contribution in [2.45, 2.75) is 25.8 Å². The summed E-state index contributed by atoms with van der Waals surface area (Å²) < 4.78 is 10.9. The molecule has 2 fully saturated rings. The molecule has 2 aliphatic rings. The Morgan fingerprint density at radius 2 is 1.85 bits per heavy atom. The minimum atomic E-state index is -0.889. The number of carboxylic acid groups (broad SMARTS) is 1. The molecule has 1 aromatic carbocycles. The van der Waals surface area contributed by atoms with Crippen molar-refractivity contribution in [3.8, 4) is 5.75 Å². The van der Waals surface area contributed by atoms with Crippen molar-refractivity contribution in [3.05, 3.63) is 29.8 Å². The summed E-state index contributed by atoms with van der Waals surface area (Å²) >= 11 is 0. The monoisotopic (exact) mass is 376 g/mol. The first-order chi connectivity index (χ1) is 13.1. The highest BCUT2D eigenvalue weighted by molar-refractivity contribution is 5.79. The topological polar surface area (TPSA) is 79.3 Å². The van der Waals surface area contributed by atoms with Gasteiger partial charge in [-0.25, -0.2) is 0 Å². The van der Waals surface area contributed by atoms with E-state index in [1.807, 2.05) is 41.0 Å². The fourth-order valence-corrected chi connectivity index (χ4v) is 3.93. The molecule has 2 saturated heterocycles. The van der Waals surface area contributed by atoms with Gasteiger partial charge in [-0.3, -0.25) is 14.5 Å². The lowest BCUT2D eigenvalue weighted by Crippen LogP contribution is -2.48. The zero-order valence-corrected chi connectivity index (χ0v) is 15.8. The van der Waals surface area contributed by atoms with E-state index in [0.717, 1.165) is 0 Å². The maximum Gasteiger partial charge on any atom is 0.325 e. The normalized spacial score (nSPS) is 20.3. The maximum absolute atomic E-state index is 12.7. The summed E-state index contributed by atoms with van der Waals surface area (Å²) in [6.07, 6.45) is 1.35. The number of ether oxygens (including phenoxy) is 2.